The highest BCUT2D eigenvalue weighted by molar-refractivity contribution is 7.89. The molecule has 3 rings (SSSR count). The third kappa shape index (κ3) is 7.11. The molecule has 13 heteroatoms. The van der Waals surface area contributed by atoms with Gasteiger partial charge in [0.05, 0.1) is 24.6 Å². The van der Waals surface area contributed by atoms with Crippen molar-refractivity contribution in [1.29, 1.82) is 0 Å². The van der Waals surface area contributed by atoms with E-state index in [1.807, 2.05) is 29.0 Å². The monoisotopic (exact) mass is 543 g/mol. The molecule has 0 fully saturated rings. The van der Waals surface area contributed by atoms with Gasteiger partial charge >= 0.3 is 11.9 Å². The number of rotatable bonds is 13. The molecule has 1 amide bonds. The zero-order valence-electron chi connectivity index (χ0n) is 20.2. The summed E-state index contributed by atoms with van der Waals surface area (Å²) in [7, 11) is -4.46. The molecule has 0 unspecified atom stereocenters. The number of aldehydes is 1. The molecule has 1 heterocycles. The SMILES string of the molecule is C[C@H](NC(=O)c1ccc(S(=O)(=O)N[C@H](C=O)CC(=O)O)c(OCCc2cccc3ncccc23)c1)C(=O)O. The van der Waals surface area contributed by atoms with E-state index in [1.54, 1.807) is 12.3 Å². The number of nitrogens with zero attached hydrogens (tertiary/aromatic N) is 1. The van der Waals surface area contributed by atoms with Gasteiger partial charge in [-0.05, 0) is 42.8 Å². The van der Waals surface area contributed by atoms with E-state index in [4.69, 9.17) is 14.9 Å². The number of sulfonamides is 1. The molecule has 0 saturated carbocycles. The minimum atomic E-state index is -4.46. The maximum Gasteiger partial charge on any atom is 0.325 e. The maximum absolute atomic E-state index is 13.0. The maximum atomic E-state index is 13.0. The Morgan fingerprint density at radius 3 is 2.55 bits per heavy atom. The largest absolute Gasteiger partial charge is 0.492 e. The van der Waals surface area contributed by atoms with Crippen molar-refractivity contribution in [2.75, 3.05) is 6.61 Å². The minimum Gasteiger partial charge on any atom is -0.492 e. The van der Waals surface area contributed by atoms with E-state index < -0.39 is 51.3 Å². The normalized spacial score (nSPS) is 12.9. The fraction of sp³-hybridized carbons (Fsp3) is 0.240. The zero-order chi connectivity index (χ0) is 27.9. The van der Waals surface area contributed by atoms with E-state index in [-0.39, 0.29) is 24.2 Å². The highest BCUT2D eigenvalue weighted by Gasteiger charge is 2.26. The Morgan fingerprint density at radius 2 is 1.87 bits per heavy atom. The van der Waals surface area contributed by atoms with Crippen LogP contribution in [0.25, 0.3) is 10.9 Å². The van der Waals surface area contributed by atoms with Crippen molar-refractivity contribution in [3.05, 3.63) is 65.9 Å². The number of aliphatic carboxylic acids is 2. The van der Waals surface area contributed by atoms with Crippen LogP contribution in [-0.4, -0.2) is 66.4 Å². The van der Waals surface area contributed by atoms with Crippen LogP contribution < -0.4 is 14.8 Å². The molecule has 0 aliphatic rings. The Bertz CT molecular complexity index is 1470. The summed E-state index contributed by atoms with van der Waals surface area (Å²) < 4.78 is 33.9. The van der Waals surface area contributed by atoms with E-state index in [1.165, 1.54) is 6.92 Å². The van der Waals surface area contributed by atoms with Crippen LogP contribution in [-0.2, 0) is 30.8 Å². The second-order valence-corrected chi connectivity index (χ2v) is 9.92. The van der Waals surface area contributed by atoms with Crippen LogP contribution in [0.5, 0.6) is 5.75 Å². The molecule has 2 atom stereocenters. The minimum absolute atomic E-state index is 0.0145. The fourth-order valence-electron chi connectivity index (χ4n) is 3.55. The Hall–Kier alpha value is -4.36. The van der Waals surface area contributed by atoms with Crippen LogP contribution in [0, 0.1) is 0 Å². The van der Waals surface area contributed by atoms with Gasteiger partial charge in [-0.1, -0.05) is 18.2 Å². The number of pyridine rings is 1. The Morgan fingerprint density at radius 1 is 1.11 bits per heavy atom. The Labute approximate surface area is 217 Å². The second kappa shape index (κ2) is 12.3. The molecule has 3 aromatic rings. The number of hydrogen-bond donors (Lipinski definition) is 4. The summed E-state index contributed by atoms with van der Waals surface area (Å²) in [6, 6.07) is 9.79. The van der Waals surface area contributed by atoms with E-state index in [9.17, 15) is 27.6 Å². The smallest absolute Gasteiger partial charge is 0.325 e. The first-order chi connectivity index (χ1) is 18.0. The summed E-state index contributed by atoms with van der Waals surface area (Å²) in [5.41, 5.74) is 1.57. The van der Waals surface area contributed by atoms with E-state index in [0.29, 0.717) is 6.42 Å². The lowest BCUT2D eigenvalue weighted by atomic mass is 10.1. The zero-order valence-corrected chi connectivity index (χ0v) is 21.0. The highest BCUT2D eigenvalue weighted by atomic mass is 32.2. The molecule has 12 nitrogen and oxygen atoms in total. The molecule has 2 aromatic carbocycles. The van der Waals surface area contributed by atoms with Crippen LogP contribution in [0.1, 0.15) is 29.3 Å². The fourth-order valence-corrected chi connectivity index (χ4v) is 4.84. The van der Waals surface area contributed by atoms with Crippen molar-refractivity contribution in [2.45, 2.75) is 36.7 Å². The van der Waals surface area contributed by atoms with Gasteiger partial charge in [0.1, 0.15) is 23.0 Å². The first kappa shape index (κ1) is 28.2. The van der Waals surface area contributed by atoms with Crippen molar-refractivity contribution in [1.82, 2.24) is 15.0 Å². The van der Waals surface area contributed by atoms with Crippen molar-refractivity contribution in [3.8, 4) is 5.75 Å². The topological polar surface area (TPSA) is 189 Å². The molecule has 0 radical (unpaired) electrons. The number of carboxylic acid groups (broad SMARTS) is 2. The lowest BCUT2D eigenvalue weighted by molar-refractivity contribution is -0.139. The van der Waals surface area contributed by atoms with E-state index >= 15 is 0 Å². The lowest BCUT2D eigenvalue weighted by Gasteiger charge is -2.17. The van der Waals surface area contributed by atoms with Gasteiger partial charge in [0, 0.05) is 23.6 Å². The predicted molar refractivity (Wildman–Crippen MR) is 134 cm³/mol. The third-order valence-electron chi connectivity index (χ3n) is 5.44. The van der Waals surface area contributed by atoms with Crippen LogP contribution in [0.2, 0.25) is 0 Å². The third-order valence-corrected chi connectivity index (χ3v) is 6.97. The average molecular weight is 544 g/mol. The quantitative estimate of drug-likeness (QED) is 0.229. The molecule has 0 aliphatic carbocycles. The van der Waals surface area contributed by atoms with Gasteiger partial charge in [0.25, 0.3) is 5.91 Å². The molecular formula is C25H25N3O9S. The number of benzene rings is 2. The summed E-state index contributed by atoms with van der Waals surface area (Å²) in [5, 5.41) is 21.1. The summed E-state index contributed by atoms with van der Waals surface area (Å²) in [6.07, 6.45) is 1.39. The number of aromatic nitrogens is 1. The van der Waals surface area contributed by atoms with Gasteiger partial charge in [0.15, 0.2) is 0 Å². The molecular weight excluding hydrogens is 518 g/mol. The van der Waals surface area contributed by atoms with Gasteiger partial charge < -0.3 is 25.1 Å². The molecule has 0 aliphatic heterocycles. The summed E-state index contributed by atoms with van der Waals surface area (Å²) in [6.45, 7) is 1.25. The van der Waals surface area contributed by atoms with Crippen LogP contribution in [0.15, 0.2) is 59.6 Å². The van der Waals surface area contributed by atoms with Gasteiger partial charge in [0.2, 0.25) is 10.0 Å². The second-order valence-electron chi connectivity index (χ2n) is 8.24. The van der Waals surface area contributed by atoms with Crippen molar-refractivity contribution < 1.29 is 42.5 Å². The number of ether oxygens (including phenoxy) is 1. The number of fused-ring (bicyclic) bond motifs is 1. The highest BCUT2D eigenvalue weighted by Crippen LogP contribution is 2.27. The van der Waals surface area contributed by atoms with Crippen LogP contribution >= 0.6 is 0 Å². The lowest BCUT2D eigenvalue weighted by Crippen LogP contribution is -2.38. The number of carboxylic acids is 2. The summed E-state index contributed by atoms with van der Waals surface area (Å²) in [5.74, 6) is -3.67. The number of amides is 1. The van der Waals surface area contributed by atoms with E-state index in [2.05, 4.69) is 10.3 Å². The molecule has 0 bridgehead atoms. The van der Waals surface area contributed by atoms with Gasteiger partial charge in [-0.25, -0.2) is 13.1 Å². The Balaban J connectivity index is 1.91. The molecule has 0 spiro atoms. The Kier molecular flexibility index (Phi) is 9.10. The van der Waals surface area contributed by atoms with Crippen LogP contribution in [0.4, 0.5) is 0 Å². The van der Waals surface area contributed by atoms with Crippen molar-refractivity contribution >= 4 is 45.1 Å². The van der Waals surface area contributed by atoms with E-state index in [0.717, 1.165) is 34.7 Å². The predicted octanol–water partition coefficient (Wildman–Crippen LogP) is 1.38. The summed E-state index contributed by atoms with van der Waals surface area (Å²) in [4.78, 5) is 49.7. The van der Waals surface area contributed by atoms with Gasteiger partial charge in [-0.3, -0.25) is 19.4 Å². The number of carbonyl (C=O) groups excluding carboxylic acids is 2. The van der Waals surface area contributed by atoms with Gasteiger partial charge in [-0.2, -0.15) is 0 Å². The summed E-state index contributed by atoms with van der Waals surface area (Å²) >= 11 is 0. The van der Waals surface area contributed by atoms with Crippen molar-refractivity contribution in [3.63, 3.8) is 0 Å². The number of nitrogens with one attached hydrogen (secondary N) is 2. The number of hydrogen-bond acceptors (Lipinski definition) is 8. The first-order valence-corrected chi connectivity index (χ1v) is 12.8. The van der Waals surface area contributed by atoms with Crippen molar-refractivity contribution in [2.24, 2.45) is 0 Å². The van der Waals surface area contributed by atoms with Gasteiger partial charge in [-0.15, -0.1) is 0 Å². The molecule has 200 valence electrons. The van der Waals surface area contributed by atoms with Crippen LogP contribution in [0.3, 0.4) is 0 Å². The molecule has 1 aromatic heterocycles. The average Bonchev–Trinajstić information content (AvgIpc) is 2.87. The number of carbonyl (C=O) groups is 4. The standard InChI is InChI=1S/C25H25N3O9S/c1-15(25(33)34)27-24(32)17-7-8-22(38(35,36)28-18(14-29)13-23(30)31)21(12-17)37-11-9-16-4-2-6-20-19(16)5-3-10-26-20/h2-8,10,12,14-15,18,28H,9,11,13H2,1H3,(H,27,32)(H,30,31)(H,33,34)/t15-,18-/m0/s1. The molecule has 4 N–H and O–H groups in total. The first-order valence-electron chi connectivity index (χ1n) is 11.3. The molecule has 38 heavy (non-hydrogen) atoms. The molecule has 0 saturated heterocycles.